The van der Waals surface area contributed by atoms with Gasteiger partial charge in [0.05, 0.1) is 24.7 Å². The first-order chi connectivity index (χ1) is 13.2. The van der Waals surface area contributed by atoms with Crippen LogP contribution < -0.4 is 5.32 Å². The number of carbonyl (C=O) groups is 2. The second kappa shape index (κ2) is 9.48. The number of anilines is 1. The Bertz CT molecular complexity index is 668. The van der Waals surface area contributed by atoms with E-state index >= 15 is 0 Å². The lowest BCUT2D eigenvalue weighted by Crippen LogP contribution is -2.37. The molecule has 27 heavy (non-hydrogen) atoms. The number of ether oxygens (including phenoxy) is 1. The summed E-state index contributed by atoms with van der Waals surface area (Å²) in [5.41, 5.74) is 0.560. The minimum absolute atomic E-state index is 0.161. The molecule has 0 radical (unpaired) electrons. The Morgan fingerprint density at radius 3 is 2.78 bits per heavy atom. The predicted octanol–water partition coefficient (Wildman–Crippen LogP) is 2.65. The topological polar surface area (TPSA) is 84.4 Å². The van der Waals surface area contributed by atoms with E-state index in [4.69, 9.17) is 4.74 Å². The minimum atomic E-state index is -0.406. The molecular formula is C20H28N4O3. The summed E-state index contributed by atoms with van der Waals surface area (Å²) in [7, 11) is 0. The molecule has 0 bridgehead atoms. The van der Waals surface area contributed by atoms with Crippen molar-refractivity contribution in [1.82, 2.24) is 14.9 Å². The van der Waals surface area contributed by atoms with Gasteiger partial charge < -0.3 is 15.0 Å². The monoisotopic (exact) mass is 372 g/mol. The molecule has 1 saturated carbocycles. The van der Waals surface area contributed by atoms with Crippen LogP contribution in [0.1, 0.15) is 51.1 Å². The molecule has 1 aliphatic carbocycles. The number of carbonyl (C=O) groups excluding carboxylic acids is 2. The summed E-state index contributed by atoms with van der Waals surface area (Å²) in [4.78, 5) is 34.5. The summed E-state index contributed by atoms with van der Waals surface area (Å²) in [6.07, 6.45) is 13.2. The first-order valence-corrected chi connectivity index (χ1v) is 9.88. The highest BCUT2D eigenvalue weighted by Crippen LogP contribution is 2.26. The maximum atomic E-state index is 12.6. The van der Waals surface area contributed by atoms with Crippen LogP contribution in [0.4, 0.5) is 5.82 Å². The summed E-state index contributed by atoms with van der Waals surface area (Å²) in [5.74, 6) is 0.984. The molecule has 2 heterocycles. The van der Waals surface area contributed by atoms with Gasteiger partial charge in [0, 0.05) is 19.2 Å². The van der Waals surface area contributed by atoms with Gasteiger partial charge in [-0.15, -0.1) is 0 Å². The van der Waals surface area contributed by atoms with E-state index in [-0.39, 0.29) is 11.9 Å². The van der Waals surface area contributed by atoms with Crippen molar-refractivity contribution in [1.29, 1.82) is 0 Å². The summed E-state index contributed by atoms with van der Waals surface area (Å²) < 4.78 is 4.82. The first kappa shape index (κ1) is 19.3. The normalized spacial score (nSPS) is 21.0. The zero-order valence-corrected chi connectivity index (χ0v) is 15.9. The van der Waals surface area contributed by atoms with Gasteiger partial charge in [0.2, 0.25) is 5.91 Å². The van der Waals surface area contributed by atoms with Crippen molar-refractivity contribution in [3.05, 3.63) is 24.2 Å². The Labute approximate surface area is 160 Å². The average Bonchev–Trinajstić information content (AvgIpc) is 3.02. The molecule has 0 aromatic carbocycles. The number of nitrogens with zero attached hydrogens (tertiary/aromatic N) is 3. The number of hydrogen-bond acceptors (Lipinski definition) is 6. The fourth-order valence-corrected chi connectivity index (χ4v) is 3.76. The lowest BCUT2D eigenvalue weighted by atomic mass is 9.89. The highest BCUT2D eigenvalue weighted by atomic mass is 16.5. The van der Waals surface area contributed by atoms with E-state index in [2.05, 4.69) is 15.3 Å². The van der Waals surface area contributed by atoms with Gasteiger partial charge in [-0.2, -0.15) is 0 Å². The Hall–Kier alpha value is -2.44. The number of rotatable bonds is 7. The number of esters is 1. The molecule has 1 saturated heterocycles. The van der Waals surface area contributed by atoms with Gasteiger partial charge in [0.15, 0.2) is 0 Å². The van der Waals surface area contributed by atoms with Crippen molar-refractivity contribution in [2.24, 2.45) is 5.92 Å². The van der Waals surface area contributed by atoms with Crippen LogP contribution in [-0.4, -0.2) is 52.5 Å². The fourth-order valence-electron chi connectivity index (χ4n) is 3.76. The zero-order chi connectivity index (χ0) is 19.1. The molecule has 1 aliphatic heterocycles. The van der Waals surface area contributed by atoms with Gasteiger partial charge in [-0.05, 0) is 38.2 Å². The Kier molecular flexibility index (Phi) is 6.79. The van der Waals surface area contributed by atoms with Crippen LogP contribution in [0, 0.1) is 5.92 Å². The summed E-state index contributed by atoms with van der Waals surface area (Å²) >= 11 is 0. The van der Waals surface area contributed by atoms with E-state index in [1.165, 1.54) is 38.2 Å². The second-order valence-corrected chi connectivity index (χ2v) is 7.19. The number of likely N-dealkylation sites (tertiary alicyclic amines) is 1. The predicted molar refractivity (Wildman–Crippen MR) is 103 cm³/mol. The molecule has 0 unspecified atom stereocenters. The molecule has 7 heteroatoms. The lowest BCUT2D eigenvalue weighted by molar-refractivity contribution is -0.137. The van der Waals surface area contributed by atoms with Crippen molar-refractivity contribution in [2.75, 3.05) is 25.0 Å². The van der Waals surface area contributed by atoms with Gasteiger partial charge in [-0.1, -0.05) is 19.3 Å². The molecule has 3 rings (SSSR count). The lowest BCUT2D eigenvalue weighted by Gasteiger charge is -2.27. The van der Waals surface area contributed by atoms with Crippen LogP contribution in [0.15, 0.2) is 18.5 Å². The van der Waals surface area contributed by atoms with Crippen molar-refractivity contribution >= 4 is 23.8 Å². The van der Waals surface area contributed by atoms with Crippen LogP contribution in [0.3, 0.4) is 0 Å². The molecule has 7 nitrogen and oxygen atoms in total. The Balaban J connectivity index is 1.50. The average molecular weight is 372 g/mol. The standard InChI is InChI=1S/C20H28N4O3/c1-2-27-19(25)9-8-16-12-22-18(13-21-16)23-17-10-11-24(20(17)26)14-15-6-4-3-5-7-15/h8-9,12-13,15,17H,2-7,10-11,14H2,1H3,(H,22,23)/t17-/m1/s1. The molecular weight excluding hydrogens is 344 g/mol. The molecule has 1 N–H and O–H groups in total. The minimum Gasteiger partial charge on any atom is -0.463 e. The van der Waals surface area contributed by atoms with E-state index < -0.39 is 5.97 Å². The third-order valence-electron chi connectivity index (χ3n) is 5.17. The largest absolute Gasteiger partial charge is 0.463 e. The van der Waals surface area contributed by atoms with E-state index in [1.807, 2.05) is 4.90 Å². The zero-order valence-electron chi connectivity index (χ0n) is 15.9. The molecule has 0 spiro atoms. The molecule has 2 aliphatic rings. The highest BCUT2D eigenvalue weighted by Gasteiger charge is 2.33. The maximum Gasteiger partial charge on any atom is 0.330 e. The van der Waals surface area contributed by atoms with Crippen LogP contribution in [0.2, 0.25) is 0 Å². The Morgan fingerprint density at radius 1 is 1.26 bits per heavy atom. The van der Waals surface area contributed by atoms with Crippen molar-refractivity contribution < 1.29 is 14.3 Å². The number of hydrogen-bond donors (Lipinski definition) is 1. The van der Waals surface area contributed by atoms with Gasteiger partial charge >= 0.3 is 5.97 Å². The van der Waals surface area contributed by atoms with E-state index in [9.17, 15) is 9.59 Å². The van der Waals surface area contributed by atoms with Gasteiger partial charge in [0.1, 0.15) is 11.9 Å². The van der Waals surface area contributed by atoms with Gasteiger partial charge in [-0.25, -0.2) is 9.78 Å². The van der Waals surface area contributed by atoms with Crippen molar-refractivity contribution in [3.63, 3.8) is 0 Å². The highest BCUT2D eigenvalue weighted by molar-refractivity contribution is 5.87. The van der Waals surface area contributed by atoms with Crippen LogP contribution in [0.5, 0.6) is 0 Å². The third kappa shape index (κ3) is 5.52. The van der Waals surface area contributed by atoms with Crippen molar-refractivity contribution in [2.45, 2.75) is 51.5 Å². The summed E-state index contributed by atoms with van der Waals surface area (Å²) in [6, 6.07) is -0.233. The maximum absolute atomic E-state index is 12.6. The molecule has 1 aromatic rings. The van der Waals surface area contributed by atoms with Crippen molar-refractivity contribution in [3.8, 4) is 0 Å². The third-order valence-corrected chi connectivity index (χ3v) is 5.17. The molecule has 1 atom stereocenters. The number of nitrogens with one attached hydrogen (secondary N) is 1. The fraction of sp³-hybridized carbons (Fsp3) is 0.600. The van der Waals surface area contributed by atoms with Crippen LogP contribution in [-0.2, 0) is 14.3 Å². The van der Waals surface area contributed by atoms with Gasteiger partial charge in [-0.3, -0.25) is 9.78 Å². The number of amides is 1. The molecule has 146 valence electrons. The van der Waals surface area contributed by atoms with E-state index in [0.717, 1.165) is 19.5 Å². The second-order valence-electron chi connectivity index (χ2n) is 7.19. The van der Waals surface area contributed by atoms with E-state index in [1.54, 1.807) is 25.4 Å². The van der Waals surface area contributed by atoms with E-state index in [0.29, 0.717) is 24.0 Å². The smallest absolute Gasteiger partial charge is 0.330 e. The molecule has 1 amide bonds. The molecule has 1 aromatic heterocycles. The Morgan fingerprint density at radius 2 is 2.07 bits per heavy atom. The quantitative estimate of drug-likeness (QED) is 0.585. The summed E-state index contributed by atoms with van der Waals surface area (Å²) in [6.45, 7) is 3.79. The van der Waals surface area contributed by atoms with Crippen LogP contribution in [0.25, 0.3) is 6.08 Å². The SMILES string of the molecule is CCOC(=O)C=Cc1cnc(N[C@@H]2CCN(CC3CCCCC3)C2=O)cn1. The first-order valence-electron chi connectivity index (χ1n) is 9.88. The summed E-state index contributed by atoms with van der Waals surface area (Å²) in [5, 5.41) is 3.19. The molecule has 2 fully saturated rings. The van der Waals surface area contributed by atoms with Crippen LogP contribution >= 0.6 is 0 Å². The number of aromatic nitrogens is 2. The van der Waals surface area contributed by atoms with Gasteiger partial charge in [0.25, 0.3) is 0 Å².